The third-order valence-electron chi connectivity index (χ3n) is 3.76. The van der Waals surface area contributed by atoms with Crippen LogP contribution in [0.4, 0.5) is 10.3 Å². The number of halogens is 2. The van der Waals surface area contributed by atoms with Gasteiger partial charge in [-0.25, -0.2) is 4.39 Å². The van der Waals surface area contributed by atoms with E-state index in [1.165, 1.54) is 0 Å². The highest BCUT2D eigenvalue weighted by Gasteiger charge is 2.54. The number of hydrogen-bond acceptors (Lipinski definition) is 7. The molecule has 24 heavy (non-hydrogen) atoms. The van der Waals surface area contributed by atoms with Crippen molar-refractivity contribution in [2.75, 3.05) is 12.3 Å². The number of nitrogen functional groups attached to an aromatic ring is 1. The third kappa shape index (κ3) is 2.26. The van der Waals surface area contributed by atoms with Gasteiger partial charge < -0.3 is 26.4 Å². The molecule has 3 rings (SSSR count). The van der Waals surface area contributed by atoms with Crippen molar-refractivity contribution in [2.24, 2.45) is 5.73 Å². The van der Waals surface area contributed by atoms with E-state index in [2.05, 4.69) is 15.9 Å². The van der Waals surface area contributed by atoms with Crippen molar-refractivity contribution < 1.29 is 22.1 Å². The predicted molar refractivity (Wildman–Crippen MR) is 82.3 cm³/mol. The highest BCUT2D eigenvalue weighted by atomic mass is 35.5. The van der Waals surface area contributed by atoms with E-state index in [1.807, 2.05) is 5.38 Å². The number of hydrogen-bond donors (Lipinski definition) is 5. The summed E-state index contributed by atoms with van der Waals surface area (Å²) in [7, 11) is 0. The van der Waals surface area contributed by atoms with Crippen LogP contribution in [-0.2, 0) is 4.74 Å². The summed E-state index contributed by atoms with van der Waals surface area (Å²) in [5, 5.41) is 21.5. The summed E-state index contributed by atoms with van der Waals surface area (Å²) in [6.07, 6.45) is -4.42. The average molecular weight is 360 g/mol. The monoisotopic (exact) mass is 359 g/mol. The van der Waals surface area contributed by atoms with Gasteiger partial charge in [-0.2, -0.15) is 4.98 Å². The second-order valence-electron chi connectivity index (χ2n) is 5.17. The van der Waals surface area contributed by atoms with Crippen LogP contribution in [0.25, 0.3) is 11.0 Å². The number of fused-ring (bicyclic) bond motifs is 1. The van der Waals surface area contributed by atoms with E-state index in [-0.39, 0.29) is 11.6 Å². The number of aliphatic hydroxyl groups is 2. The molecule has 0 spiro atoms. The topological polar surface area (TPSA) is 152 Å². The van der Waals surface area contributed by atoms with Gasteiger partial charge in [0.25, 0.3) is 5.56 Å². The second kappa shape index (κ2) is 5.73. The van der Waals surface area contributed by atoms with Gasteiger partial charge in [0, 0.05) is 11.6 Å². The minimum absolute atomic E-state index is 0.272. The van der Waals surface area contributed by atoms with E-state index in [0.717, 1.165) is 10.8 Å². The van der Waals surface area contributed by atoms with Gasteiger partial charge in [0.15, 0.2) is 23.2 Å². The second-order valence-corrected chi connectivity index (χ2v) is 5.36. The molecule has 2 aromatic heterocycles. The van der Waals surface area contributed by atoms with Gasteiger partial charge in [-0.05, 0) is 11.6 Å². The maximum absolute atomic E-state index is 14.3. The molecule has 1 aliphatic heterocycles. The zero-order valence-electron chi connectivity index (χ0n) is 13.8. The first-order chi connectivity index (χ1) is 12.0. The van der Waals surface area contributed by atoms with Crippen molar-refractivity contribution in [1.82, 2.24) is 14.5 Å². The Hall–Kier alpha value is -2.16. The quantitative estimate of drug-likeness (QED) is 0.413. The van der Waals surface area contributed by atoms with Gasteiger partial charge in [0.2, 0.25) is 5.95 Å². The van der Waals surface area contributed by atoms with Gasteiger partial charge in [-0.1, -0.05) is 5.92 Å². The Morgan fingerprint density at radius 1 is 1.71 bits per heavy atom. The molecule has 1 saturated heterocycles. The Morgan fingerprint density at radius 2 is 2.42 bits per heavy atom. The molecule has 0 aliphatic carbocycles. The van der Waals surface area contributed by atoms with Crippen LogP contribution in [0.3, 0.4) is 0 Å². The van der Waals surface area contributed by atoms with E-state index in [0.29, 0.717) is 0 Å². The van der Waals surface area contributed by atoms with Crippen LogP contribution in [0.1, 0.15) is 8.97 Å². The smallest absolute Gasteiger partial charge is 0.264 e. The number of H-pyrrole nitrogens is 1. The Bertz CT molecular complexity index is 997. The fourth-order valence-corrected chi connectivity index (χ4v) is 2.81. The minimum Gasteiger partial charge on any atom is -0.394 e. The lowest BCUT2D eigenvalue weighted by molar-refractivity contribution is -0.0446. The van der Waals surface area contributed by atoms with E-state index >= 15 is 0 Å². The summed E-state index contributed by atoms with van der Waals surface area (Å²) >= 11 is 5.39. The van der Waals surface area contributed by atoms with Crippen LogP contribution in [0.2, 0.25) is 0 Å². The van der Waals surface area contributed by atoms with Gasteiger partial charge in [0.05, 0.1) is 9.30 Å². The predicted octanol–water partition coefficient (Wildman–Crippen LogP) is -1.41. The Labute approximate surface area is 141 Å². The summed E-state index contributed by atoms with van der Waals surface area (Å²) in [6.45, 7) is -3.00. The fourth-order valence-electron chi connectivity index (χ4n) is 2.64. The number of aromatic nitrogens is 3. The summed E-state index contributed by atoms with van der Waals surface area (Å²) in [5.41, 5.74) is 8.35. The zero-order chi connectivity index (χ0) is 19.4. The molecule has 9 nitrogen and oxygen atoms in total. The van der Waals surface area contributed by atoms with Crippen molar-refractivity contribution in [2.45, 2.75) is 24.0 Å². The number of ether oxygens (including phenoxy) is 1. The molecule has 1 aliphatic rings. The zero-order valence-corrected chi connectivity index (χ0v) is 12.6. The molecule has 0 aromatic carbocycles. The number of nitrogens with zero attached hydrogens (tertiary/aromatic N) is 2. The molecule has 7 N–H and O–H groups in total. The van der Waals surface area contributed by atoms with Gasteiger partial charge >= 0.3 is 0 Å². The van der Waals surface area contributed by atoms with E-state index < -0.39 is 47.3 Å². The Kier molecular flexibility index (Phi) is 3.39. The van der Waals surface area contributed by atoms with Crippen molar-refractivity contribution in [3.63, 3.8) is 0 Å². The summed E-state index contributed by atoms with van der Waals surface area (Å²) in [5.74, 6) is 0.975. The number of aromatic amines is 1. The summed E-state index contributed by atoms with van der Waals surface area (Å²) < 4.78 is 35.3. The molecular formula is C13H13ClFN5O4. The molecule has 0 bridgehead atoms. The van der Waals surface area contributed by atoms with Crippen molar-refractivity contribution >= 4 is 28.6 Å². The Balaban J connectivity index is 2.26. The number of anilines is 1. The van der Waals surface area contributed by atoms with Crippen molar-refractivity contribution in [3.8, 4) is 11.3 Å². The van der Waals surface area contributed by atoms with Crippen LogP contribution in [0, 0.1) is 17.1 Å². The first kappa shape index (κ1) is 14.2. The third-order valence-corrected chi connectivity index (χ3v) is 3.85. The minimum atomic E-state index is -3.00. The molecule has 4 atom stereocenters. The molecule has 11 heteroatoms. The van der Waals surface area contributed by atoms with E-state index in [9.17, 15) is 19.4 Å². The molecule has 2 aromatic rings. The number of aliphatic hydroxyl groups excluding tert-OH is 1. The molecule has 1 unspecified atom stereocenters. The highest BCUT2D eigenvalue weighted by molar-refractivity contribution is 6.30. The Morgan fingerprint density at radius 3 is 3.04 bits per heavy atom. The molecule has 128 valence electrons. The number of nitrogens with one attached hydrogen (secondary N) is 1. The number of rotatable bonds is 2. The largest absolute Gasteiger partial charge is 0.394 e. The summed E-state index contributed by atoms with van der Waals surface area (Å²) in [4.78, 5) is 17.9. The first-order valence-electron chi connectivity index (χ1n) is 7.54. The van der Waals surface area contributed by atoms with Crippen LogP contribution >= 0.6 is 11.6 Å². The molecule has 1 fully saturated rings. The van der Waals surface area contributed by atoms with Crippen molar-refractivity contribution in [1.29, 1.82) is 0 Å². The normalized spacial score (nSPS) is 31.5. The van der Waals surface area contributed by atoms with E-state index in [1.54, 1.807) is 0 Å². The lowest BCUT2D eigenvalue weighted by Crippen LogP contribution is -2.53. The van der Waals surface area contributed by atoms with Crippen LogP contribution in [0.5, 0.6) is 0 Å². The van der Waals surface area contributed by atoms with Crippen molar-refractivity contribution in [3.05, 3.63) is 22.4 Å². The molecule has 3 heterocycles. The average Bonchev–Trinajstić information content (AvgIpc) is 2.95. The lowest BCUT2D eigenvalue weighted by Gasteiger charge is -2.27. The number of nitrogens with two attached hydrogens (primary N) is 2. The lowest BCUT2D eigenvalue weighted by atomic mass is 9.92. The maximum Gasteiger partial charge on any atom is 0.264 e. The van der Waals surface area contributed by atoms with Gasteiger partial charge in [-0.15, -0.1) is 0 Å². The van der Waals surface area contributed by atoms with Gasteiger partial charge in [0.1, 0.15) is 17.6 Å². The SMILES string of the molecule is [2H]C([2H])(O)[C@H]1O[C@@H](n2cc(F)c3c(=O)[nH]c(N)nc32)C(N)(C#CCl)[C@H]1O. The standard InChI is InChI=1S/C13H13ClFN5O4/c14-2-1-13(17)8(22)6(4-21)24-11(13)20-3-5(15)7-9(20)18-12(16)19-10(7)23/h3,6,8,11,21-22H,4,17H2,(H3,16,18,19,23)/t6-,8+,11-,13?/m1/s1/i4D2. The molecule has 0 radical (unpaired) electrons. The fraction of sp³-hybridized carbons (Fsp3) is 0.385. The molecular weight excluding hydrogens is 345 g/mol. The van der Waals surface area contributed by atoms with Crippen LogP contribution in [0.15, 0.2) is 11.0 Å². The van der Waals surface area contributed by atoms with E-state index in [4.69, 9.17) is 30.5 Å². The summed E-state index contributed by atoms with van der Waals surface area (Å²) in [6, 6.07) is 0. The molecule has 0 amide bonds. The molecule has 0 saturated carbocycles. The van der Waals surface area contributed by atoms with Crippen LogP contribution < -0.4 is 17.0 Å². The van der Waals surface area contributed by atoms with Gasteiger partial charge in [-0.3, -0.25) is 14.3 Å². The maximum atomic E-state index is 14.3. The first-order valence-corrected chi connectivity index (χ1v) is 6.92. The van der Waals surface area contributed by atoms with Crippen LogP contribution in [-0.4, -0.2) is 49.1 Å². The highest BCUT2D eigenvalue weighted by Crippen LogP contribution is 2.38.